The van der Waals surface area contributed by atoms with Crippen molar-refractivity contribution in [2.75, 3.05) is 23.7 Å². The summed E-state index contributed by atoms with van der Waals surface area (Å²) in [6, 6.07) is 14.2. The summed E-state index contributed by atoms with van der Waals surface area (Å²) in [5.41, 5.74) is 3.24. The highest BCUT2D eigenvalue weighted by molar-refractivity contribution is 7.92. The fourth-order valence-electron chi connectivity index (χ4n) is 4.02. The van der Waals surface area contributed by atoms with Crippen molar-refractivity contribution >= 4 is 27.5 Å². The van der Waals surface area contributed by atoms with Gasteiger partial charge in [0.2, 0.25) is 21.8 Å². The molecule has 2 amide bonds. The highest BCUT2D eigenvalue weighted by Crippen LogP contribution is 2.29. The van der Waals surface area contributed by atoms with Crippen molar-refractivity contribution in [2.24, 2.45) is 0 Å². The molecule has 186 valence electrons. The van der Waals surface area contributed by atoms with Gasteiger partial charge < -0.3 is 10.2 Å². The maximum atomic E-state index is 13.7. The summed E-state index contributed by atoms with van der Waals surface area (Å²) in [4.78, 5) is 28.0. The number of carbonyl (C=O) groups excluding carboxylic acids is 2. The number of hydrogen-bond donors (Lipinski definition) is 1. The predicted molar refractivity (Wildman–Crippen MR) is 137 cm³/mol. The molecule has 0 aliphatic heterocycles. The highest BCUT2D eigenvalue weighted by Gasteiger charge is 2.32. The van der Waals surface area contributed by atoms with Gasteiger partial charge in [-0.25, -0.2) is 8.42 Å². The molecule has 2 aromatic carbocycles. The Morgan fingerprint density at radius 1 is 1.03 bits per heavy atom. The molecule has 1 N–H and O–H groups in total. The molecule has 34 heavy (non-hydrogen) atoms. The first kappa shape index (κ1) is 27.4. The Morgan fingerprint density at radius 2 is 1.71 bits per heavy atom. The van der Waals surface area contributed by atoms with Crippen LogP contribution in [0.25, 0.3) is 0 Å². The third kappa shape index (κ3) is 7.06. The molecule has 1 atom stereocenters. The minimum atomic E-state index is -3.76. The number of likely N-dealkylation sites (N-methyl/N-ethyl adjacent to an activating group) is 1. The molecule has 2 aromatic rings. The molecular formula is C26H37N3O4S. The van der Waals surface area contributed by atoms with Crippen molar-refractivity contribution in [3.8, 4) is 0 Å². The Hall–Kier alpha value is -2.87. The predicted octanol–water partition coefficient (Wildman–Crippen LogP) is 3.83. The molecule has 0 unspecified atom stereocenters. The van der Waals surface area contributed by atoms with Crippen molar-refractivity contribution < 1.29 is 18.0 Å². The minimum absolute atomic E-state index is 0.0673. The summed E-state index contributed by atoms with van der Waals surface area (Å²) in [6.07, 6.45) is 1.51. The minimum Gasteiger partial charge on any atom is -0.355 e. The number of nitrogens with zero attached hydrogens (tertiary/aromatic N) is 2. The fourth-order valence-corrected chi connectivity index (χ4v) is 4.88. The van der Waals surface area contributed by atoms with E-state index in [2.05, 4.69) is 5.32 Å². The van der Waals surface area contributed by atoms with Crippen LogP contribution in [0.3, 0.4) is 0 Å². The van der Waals surface area contributed by atoms with Gasteiger partial charge in [0.15, 0.2) is 0 Å². The van der Waals surface area contributed by atoms with Crippen LogP contribution < -0.4 is 9.62 Å². The topological polar surface area (TPSA) is 86.8 Å². The Kier molecular flexibility index (Phi) is 9.67. The molecule has 0 aliphatic rings. The van der Waals surface area contributed by atoms with E-state index in [4.69, 9.17) is 0 Å². The zero-order chi connectivity index (χ0) is 25.5. The van der Waals surface area contributed by atoms with Crippen molar-refractivity contribution in [3.63, 3.8) is 0 Å². The smallest absolute Gasteiger partial charge is 0.244 e. The van der Waals surface area contributed by atoms with Crippen molar-refractivity contribution in [1.82, 2.24) is 10.2 Å². The molecular weight excluding hydrogens is 450 g/mol. The van der Waals surface area contributed by atoms with Gasteiger partial charge in [-0.1, -0.05) is 68.8 Å². The van der Waals surface area contributed by atoms with Crippen LogP contribution in [-0.2, 0) is 26.2 Å². The van der Waals surface area contributed by atoms with E-state index < -0.39 is 22.0 Å². The normalized spacial score (nSPS) is 12.3. The summed E-state index contributed by atoms with van der Waals surface area (Å²) in [6.45, 7) is 9.86. The van der Waals surface area contributed by atoms with Gasteiger partial charge in [-0.3, -0.25) is 13.9 Å². The van der Waals surface area contributed by atoms with Gasteiger partial charge in [0.25, 0.3) is 0 Å². The SMILES string of the molecule is CCNC(=O)[C@H](CC)N(Cc1cccc(C)c1)C(=O)CN(c1ccccc1C(C)C)S(C)(=O)=O. The Balaban J connectivity index is 2.50. The zero-order valence-corrected chi connectivity index (χ0v) is 21.9. The number of rotatable bonds is 11. The molecule has 2 rings (SSSR count). The van der Waals surface area contributed by atoms with E-state index in [1.54, 1.807) is 12.1 Å². The number of amides is 2. The lowest BCUT2D eigenvalue weighted by atomic mass is 10.0. The van der Waals surface area contributed by atoms with Crippen molar-refractivity contribution in [1.29, 1.82) is 0 Å². The number of para-hydroxylation sites is 1. The number of benzene rings is 2. The standard InChI is InChI=1S/C26H37N3O4S/c1-7-23(26(31)27-8-2)28(17-21-13-11-12-20(5)16-21)25(30)18-29(34(6,32)33)24-15-10-9-14-22(24)19(3)4/h9-16,19,23H,7-8,17-18H2,1-6H3,(H,27,31)/t23-/m0/s1. The number of carbonyl (C=O) groups is 2. The van der Waals surface area contributed by atoms with E-state index in [0.29, 0.717) is 18.7 Å². The van der Waals surface area contributed by atoms with Crippen LogP contribution in [0.15, 0.2) is 48.5 Å². The van der Waals surface area contributed by atoms with E-state index in [1.165, 1.54) is 4.90 Å². The number of nitrogens with one attached hydrogen (secondary N) is 1. The van der Waals surface area contributed by atoms with E-state index in [0.717, 1.165) is 27.3 Å². The lowest BCUT2D eigenvalue weighted by Crippen LogP contribution is -2.52. The van der Waals surface area contributed by atoms with Crippen LogP contribution in [0.5, 0.6) is 0 Å². The third-order valence-electron chi connectivity index (χ3n) is 5.68. The molecule has 0 heterocycles. The lowest BCUT2D eigenvalue weighted by Gasteiger charge is -2.33. The largest absolute Gasteiger partial charge is 0.355 e. The van der Waals surface area contributed by atoms with Crippen LogP contribution >= 0.6 is 0 Å². The second-order valence-corrected chi connectivity index (χ2v) is 10.7. The third-order valence-corrected chi connectivity index (χ3v) is 6.81. The van der Waals surface area contributed by atoms with Crippen LogP contribution in [0.4, 0.5) is 5.69 Å². The van der Waals surface area contributed by atoms with Gasteiger partial charge >= 0.3 is 0 Å². The fraction of sp³-hybridized carbons (Fsp3) is 0.462. The van der Waals surface area contributed by atoms with Crippen LogP contribution in [0, 0.1) is 6.92 Å². The van der Waals surface area contributed by atoms with Crippen LogP contribution in [0.2, 0.25) is 0 Å². The van der Waals surface area contributed by atoms with E-state index >= 15 is 0 Å². The lowest BCUT2D eigenvalue weighted by molar-refractivity contribution is -0.140. The van der Waals surface area contributed by atoms with Gasteiger partial charge in [-0.15, -0.1) is 0 Å². The summed E-state index contributed by atoms with van der Waals surface area (Å²) >= 11 is 0. The highest BCUT2D eigenvalue weighted by atomic mass is 32.2. The van der Waals surface area contributed by atoms with Crippen molar-refractivity contribution in [2.45, 2.75) is 59.5 Å². The van der Waals surface area contributed by atoms with Crippen LogP contribution in [0.1, 0.15) is 56.7 Å². The Labute approximate surface area is 204 Å². The second-order valence-electron chi connectivity index (χ2n) is 8.81. The first-order valence-electron chi connectivity index (χ1n) is 11.7. The second kappa shape index (κ2) is 12.0. The first-order valence-corrected chi connectivity index (χ1v) is 13.5. The van der Waals surface area contributed by atoms with E-state index in [1.807, 2.05) is 71.0 Å². The molecule has 8 heteroatoms. The van der Waals surface area contributed by atoms with Crippen molar-refractivity contribution in [3.05, 3.63) is 65.2 Å². The molecule has 0 spiro atoms. The number of aryl methyl sites for hydroxylation is 1. The molecule has 7 nitrogen and oxygen atoms in total. The average Bonchev–Trinajstić information content (AvgIpc) is 2.76. The number of sulfonamides is 1. The zero-order valence-electron chi connectivity index (χ0n) is 21.0. The molecule has 0 saturated heterocycles. The quantitative estimate of drug-likeness (QED) is 0.522. The molecule has 0 fully saturated rings. The maximum Gasteiger partial charge on any atom is 0.244 e. The number of anilines is 1. The first-order chi connectivity index (χ1) is 16.0. The maximum absolute atomic E-state index is 13.7. The van der Waals surface area contributed by atoms with Gasteiger partial charge in [0.1, 0.15) is 12.6 Å². The summed E-state index contributed by atoms with van der Waals surface area (Å²) in [7, 11) is -3.76. The Morgan fingerprint density at radius 3 is 2.26 bits per heavy atom. The van der Waals surface area contributed by atoms with Gasteiger partial charge in [-0.05, 0) is 43.4 Å². The molecule has 0 aromatic heterocycles. The molecule has 0 saturated carbocycles. The summed E-state index contributed by atoms with van der Waals surface area (Å²) < 4.78 is 26.8. The monoisotopic (exact) mass is 487 g/mol. The van der Waals surface area contributed by atoms with Crippen LogP contribution in [-0.4, -0.2) is 50.5 Å². The van der Waals surface area contributed by atoms with E-state index in [-0.39, 0.29) is 24.9 Å². The average molecular weight is 488 g/mol. The summed E-state index contributed by atoms with van der Waals surface area (Å²) in [5, 5.41) is 2.80. The van der Waals surface area contributed by atoms with E-state index in [9.17, 15) is 18.0 Å². The molecule has 0 radical (unpaired) electrons. The molecule has 0 bridgehead atoms. The van der Waals surface area contributed by atoms with Gasteiger partial charge in [0.05, 0.1) is 11.9 Å². The summed E-state index contributed by atoms with van der Waals surface area (Å²) in [5.74, 6) is -0.610. The molecule has 0 aliphatic carbocycles. The number of hydrogen-bond acceptors (Lipinski definition) is 4. The van der Waals surface area contributed by atoms with Gasteiger partial charge in [-0.2, -0.15) is 0 Å². The van der Waals surface area contributed by atoms with Gasteiger partial charge in [0, 0.05) is 13.1 Å². The Bertz CT molecular complexity index is 1100.